The van der Waals surface area contributed by atoms with Crippen molar-refractivity contribution >= 4 is 0 Å². The third-order valence-corrected chi connectivity index (χ3v) is 3.33. The molecule has 0 radical (unpaired) electrons. The van der Waals surface area contributed by atoms with Gasteiger partial charge in [0.05, 0.1) is 5.69 Å². The molecule has 0 spiro atoms. The normalized spacial score (nSPS) is 11.0. The Morgan fingerprint density at radius 3 is 2.06 bits per heavy atom. The molecule has 0 amide bonds. The van der Waals surface area contributed by atoms with Crippen molar-refractivity contribution in [1.82, 2.24) is 9.78 Å². The maximum atomic E-state index is 4.49. The van der Waals surface area contributed by atoms with Gasteiger partial charge in [0, 0.05) is 12.2 Å². The Morgan fingerprint density at radius 1 is 0.941 bits per heavy atom. The minimum Gasteiger partial charge on any atom is -0.270 e. The van der Waals surface area contributed by atoms with E-state index in [2.05, 4.69) is 36.6 Å². The van der Waals surface area contributed by atoms with Crippen LogP contribution in [-0.4, -0.2) is 9.78 Å². The van der Waals surface area contributed by atoms with Crippen LogP contribution < -0.4 is 0 Å². The summed E-state index contributed by atoms with van der Waals surface area (Å²) in [6, 6.07) is 2.16. The van der Waals surface area contributed by atoms with E-state index in [4.69, 9.17) is 0 Å². The zero-order valence-electron chi connectivity index (χ0n) is 11.8. The third-order valence-electron chi connectivity index (χ3n) is 3.33. The van der Waals surface area contributed by atoms with Gasteiger partial charge in [-0.1, -0.05) is 51.9 Å². The van der Waals surface area contributed by atoms with E-state index in [9.17, 15) is 0 Å². The summed E-state index contributed by atoms with van der Waals surface area (Å²) in [7, 11) is 0. The van der Waals surface area contributed by atoms with Gasteiger partial charge in [-0.25, -0.2) is 0 Å². The SMILES string of the molecule is CCCCCCCCCCn1nc(C)cc1C. The van der Waals surface area contributed by atoms with Gasteiger partial charge in [0.15, 0.2) is 0 Å². The van der Waals surface area contributed by atoms with Crippen LogP contribution in [0.2, 0.25) is 0 Å². The maximum Gasteiger partial charge on any atom is 0.0596 e. The molecule has 1 aromatic rings. The molecule has 98 valence electrons. The summed E-state index contributed by atoms with van der Waals surface area (Å²) in [6.45, 7) is 7.57. The molecule has 0 saturated carbocycles. The molecule has 0 unspecified atom stereocenters. The van der Waals surface area contributed by atoms with Crippen molar-refractivity contribution < 1.29 is 0 Å². The van der Waals surface area contributed by atoms with Crippen molar-refractivity contribution in [3.8, 4) is 0 Å². The molecule has 0 bridgehead atoms. The smallest absolute Gasteiger partial charge is 0.0596 e. The summed E-state index contributed by atoms with van der Waals surface area (Å²) >= 11 is 0. The largest absolute Gasteiger partial charge is 0.270 e. The Kier molecular flexibility index (Phi) is 6.99. The number of rotatable bonds is 9. The Hall–Kier alpha value is -0.790. The number of hydrogen-bond donors (Lipinski definition) is 0. The van der Waals surface area contributed by atoms with Crippen LogP contribution in [-0.2, 0) is 6.54 Å². The fraction of sp³-hybridized carbons (Fsp3) is 0.800. The molecule has 2 nitrogen and oxygen atoms in total. The fourth-order valence-corrected chi connectivity index (χ4v) is 2.30. The molecule has 2 heteroatoms. The van der Waals surface area contributed by atoms with E-state index < -0.39 is 0 Å². The fourth-order valence-electron chi connectivity index (χ4n) is 2.30. The minimum atomic E-state index is 1.09. The highest BCUT2D eigenvalue weighted by Gasteiger charge is 1.99. The topological polar surface area (TPSA) is 17.8 Å². The van der Waals surface area contributed by atoms with Crippen LogP contribution >= 0.6 is 0 Å². The Morgan fingerprint density at radius 2 is 1.53 bits per heavy atom. The van der Waals surface area contributed by atoms with Gasteiger partial charge in [-0.3, -0.25) is 4.68 Å². The van der Waals surface area contributed by atoms with Crippen molar-refractivity contribution in [2.45, 2.75) is 78.7 Å². The molecule has 1 heterocycles. The Bertz CT molecular complexity index is 302. The second-order valence-corrected chi connectivity index (χ2v) is 5.13. The molecule has 0 aliphatic carbocycles. The number of aromatic nitrogens is 2. The van der Waals surface area contributed by atoms with Crippen molar-refractivity contribution in [1.29, 1.82) is 0 Å². The molecule has 0 aromatic carbocycles. The van der Waals surface area contributed by atoms with Gasteiger partial charge in [-0.05, 0) is 26.3 Å². The zero-order chi connectivity index (χ0) is 12.5. The summed E-state index contributed by atoms with van der Waals surface area (Å²) in [6.07, 6.45) is 11.0. The summed E-state index contributed by atoms with van der Waals surface area (Å²) < 4.78 is 2.15. The van der Waals surface area contributed by atoms with E-state index in [1.807, 2.05) is 0 Å². The lowest BCUT2D eigenvalue weighted by atomic mass is 10.1. The molecule has 0 fully saturated rings. The van der Waals surface area contributed by atoms with Crippen molar-refractivity contribution in [3.63, 3.8) is 0 Å². The van der Waals surface area contributed by atoms with Gasteiger partial charge in [0.2, 0.25) is 0 Å². The van der Waals surface area contributed by atoms with Crippen LogP contribution in [0, 0.1) is 13.8 Å². The van der Waals surface area contributed by atoms with Crippen LogP contribution in [0.5, 0.6) is 0 Å². The average molecular weight is 236 g/mol. The number of unbranched alkanes of at least 4 members (excludes halogenated alkanes) is 7. The van der Waals surface area contributed by atoms with Crippen LogP contribution in [0.25, 0.3) is 0 Å². The van der Waals surface area contributed by atoms with Crippen molar-refractivity contribution in [3.05, 3.63) is 17.5 Å². The molecule has 1 rings (SSSR count). The number of aryl methyl sites for hydroxylation is 3. The zero-order valence-corrected chi connectivity index (χ0v) is 11.8. The second kappa shape index (κ2) is 8.32. The molecule has 17 heavy (non-hydrogen) atoms. The van der Waals surface area contributed by atoms with Gasteiger partial charge in [-0.2, -0.15) is 5.10 Å². The van der Waals surface area contributed by atoms with Crippen LogP contribution in [0.4, 0.5) is 0 Å². The van der Waals surface area contributed by atoms with Crippen LogP contribution in [0.3, 0.4) is 0 Å². The first-order chi connectivity index (χ1) is 8.24. The molecular weight excluding hydrogens is 208 g/mol. The third kappa shape index (κ3) is 5.90. The highest BCUT2D eigenvalue weighted by molar-refractivity contribution is 5.06. The molecule has 0 aliphatic heterocycles. The highest BCUT2D eigenvalue weighted by atomic mass is 15.3. The van der Waals surface area contributed by atoms with Crippen molar-refractivity contribution in [2.24, 2.45) is 0 Å². The monoisotopic (exact) mass is 236 g/mol. The van der Waals surface area contributed by atoms with Gasteiger partial charge >= 0.3 is 0 Å². The first kappa shape index (κ1) is 14.3. The summed E-state index contributed by atoms with van der Waals surface area (Å²) in [5.41, 5.74) is 2.44. The molecule has 0 aliphatic rings. The maximum absolute atomic E-state index is 4.49. The van der Waals surface area contributed by atoms with Gasteiger partial charge in [0.1, 0.15) is 0 Å². The van der Waals surface area contributed by atoms with Gasteiger partial charge < -0.3 is 0 Å². The highest BCUT2D eigenvalue weighted by Crippen LogP contribution is 2.10. The lowest BCUT2D eigenvalue weighted by Crippen LogP contribution is -2.02. The van der Waals surface area contributed by atoms with Crippen LogP contribution in [0.15, 0.2) is 6.07 Å². The van der Waals surface area contributed by atoms with Crippen LogP contribution in [0.1, 0.15) is 69.7 Å². The molecule has 0 atom stereocenters. The van der Waals surface area contributed by atoms with E-state index in [1.54, 1.807) is 0 Å². The van der Waals surface area contributed by atoms with E-state index in [0.717, 1.165) is 12.2 Å². The lowest BCUT2D eigenvalue weighted by Gasteiger charge is -2.04. The minimum absolute atomic E-state index is 1.09. The molecule has 0 saturated heterocycles. The predicted molar refractivity (Wildman–Crippen MR) is 74.3 cm³/mol. The average Bonchev–Trinajstić information content (AvgIpc) is 2.61. The van der Waals surface area contributed by atoms with Gasteiger partial charge in [0.25, 0.3) is 0 Å². The molecular formula is C15H28N2. The standard InChI is InChI=1S/C15H28N2/c1-4-5-6-7-8-9-10-11-12-17-15(3)13-14(2)16-17/h13H,4-12H2,1-3H3. The van der Waals surface area contributed by atoms with E-state index in [-0.39, 0.29) is 0 Å². The Balaban J connectivity index is 1.99. The Labute approximate surface area is 106 Å². The number of nitrogens with zero attached hydrogens (tertiary/aromatic N) is 2. The summed E-state index contributed by atoms with van der Waals surface area (Å²) in [4.78, 5) is 0. The summed E-state index contributed by atoms with van der Waals surface area (Å²) in [5.74, 6) is 0. The van der Waals surface area contributed by atoms with E-state index >= 15 is 0 Å². The van der Waals surface area contributed by atoms with E-state index in [1.165, 1.54) is 57.1 Å². The second-order valence-electron chi connectivity index (χ2n) is 5.13. The van der Waals surface area contributed by atoms with Crippen molar-refractivity contribution in [2.75, 3.05) is 0 Å². The quantitative estimate of drug-likeness (QED) is 0.571. The first-order valence-corrected chi connectivity index (χ1v) is 7.25. The predicted octanol–water partition coefficient (Wildman–Crippen LogP) is 4.64. The van der Waals surface area contributed by atoms with E-state index in [0.29, 0.717) is 0 Å². The van der Waals surface area contributed by atoms with Gasteiger partial charge in [-0.15, -0.1) is 0 Å². The molecule has 0 N–H and O–H groups in total. The first-order valence-electron chi connectivity index (χ1n) is 7.25. The lowest BCUT2D eigenvalue weighted by molar-refractivity contribution is 0.512. The summed E-state index contributed by atoms with van der Waals surface area (Å²) in [5, 5.41) is 4.49. The number of hydrogen-bond acceptors (Lipinski definition) is 1. The molecule has 1 aromatic heterocycles.